The second-order valence-electron chi connectivity index (χ2n) is 9.12. The number of rotatable bonds is 5. The Balaban J connectivity index is 1.30. The molecular formula is C20H26N2O3S2. The molecule has 0 aliphatic heterocycles. The van der Waals surface area contributed by atoms with Crippen LogP contribution in [0.5, 0.6) is 0 Å². The highest BCUT2D eigenvalue weighted by Gasteiger charge is 2.50. The number of nitrogens with one attached hydrogen (secondary N) is 1. The molecule has 0 radical (unpaired) electrons. The predicted octanol–water partition coefficient (Wildman–Crippen LogP) is 3.48. The van der Waals surface area contributed by atoms with Gasteiger partial charge < -0.3 is 4.57 Å². The Hall–Kier alpha value is -1.18. The number of aryl methyl sites for hydroxylation is 1. The summed E-state index contributed by atoms with van der Waals surface area (Å²) in [5.41, 5.74) is 1.15. The standard InChI is InChI=1S/C20H26N2O3S2/c1-22-17-3-2-16(9-18(17)26-19(22)23)27(24,25)21-5-4-20-10-13-6-14(11-20)8-15(7-13)12-20/h2-3,9,13-15,21H,4-8,10-12H2,1H3. The number of thiazole rings is 1. The second kappa shape index (κ2) is 6.16. The van der Waals surface area contributed by atoms with E-state index in [0.717, 1.165) is 41.0 Å². The molecule has 146 valence electrons. The Morgan fingerprint density at radius 1 is 1.15 bits per heavy atom. The summed E-state index contributed by atoms with van der Waals surface area (Å²) in [6, 6.07) is 4.94. The van der Waals surface area contributed by atoms with Gasteiger partial charge in [0, 0.05) is 13.6 Å². The van der Waals surface area contributed by atoms with Gasteiger partial charge in [-0.05, 0) is 86.3 Å². The van der Waals surface area contributed by atoms with Gasteiger partial charge in [0.15, 0.2) is 0 Å². The molecule has 4 fully saturated rings. The van der Waals surface area contributed by atoms with Crippen molar-refractivity contribution in [2.24, 2.45) is 30.2 Å². The van der Waals surface area contributed by atoms with Crippen molar-refractivity contribution in [1.82, 2.24) is 9.29 Å². The van der Waals surface area contributed by atoms with Gasteiger partial charge in [-0.25, -0.2) is 13.1 Å². The highest BCUT2D eigenvalue weighted by atomic mass is 32.2. The van der Waals surface area contributed by atoms with Crippen LogP contribution in [0.25, 0.3) is 10.2 Å². The molecule has 1 aromatic heterocycles. The van der Waals surface area contributed by atoms with Gasteiger partial charge >= 0.3 is 4.87 Å². The predicted molar refractivity (Wildman–Crippen MR) is 107 cm³/mol. The Kier molecular flexibility index (Phi) is 4.08. The molecule has 0 saturated heterocycles. The molecule has 4 aliphatic carbocycles. The van der Waals surface area contributed by atoms with E-state index in [1.807, 2.05) is 0 Å². The molecule has 0 unspecified atom stereocenters. The van der Waals surface area contributed by atoms with Crippen molar-refractivity contribution < 1.29 is 8.42 Å². The fraction of sp³-hybridized carbons (Fsp3) is 0.650. The Bertz CT molecular complexity index is 1020. The van der Waals surface area contributed by atoms with Gasteiger partial charge in [-0.1, -0.05) is 11.3 Å². The quantitative estimate of drug-likeness (QED) is 0.826. The van der Waals surface area contributed by atoms with E-state index in [1.54, 1.807) is 29.8 Å². The molecular weight excluding hydrogens is 380 g/mol. The summed E-state index contributed by atoms with van der Waals surface area (Å²) >= 11 is 1.09. The second-order valence-corrected chi connectivity index (χ2v) is 11.9. The first-order chi connectivity index (χ1) is 12.8. The zero-order chi connectivity index (χ0) is 18.8. The summed E-state index contributed by atoms with van der Waals surface area (Å²) in [6.45, 7) is 0.511. The highest BCUT2D eigenvalue weighted by Crippen LogP contribution is 2.61. The van der Waals surface area contributed by atoms with Crippen LogP contribution >= 0.6 is 11.3 Å². The molecule has 0 atom stereocenters. The van der Waals surface area contributed by atoms with E-state index in [2.05, 4.69) is 4.72 Å². The van der Waals surface area contributed by atoms with E-state index in [9.17, 15) is 13.2 Å². The van der Waals surface area contributed by atoms with E-state index in [1.165, 1.54) is 38.5 Å². The molecule has 1 N–H and O–H groups in total. The number of aromatic nitrogens is 1. The van der Waals surface area contributed by atoms with Crippen molar-refractivity contribution in [1.29, 1.82) is 0 Å². The van der Waals surface area contributed by atoms with Crippen molar-refractivity contribution in [3.63, 3.8) is 0 Å². The van der Waals surface area contributed by atoms with Gasteiger partial charge in [0.2, 0.25) is 10.0 Å². The molecule has 1 heterocycles. The Morgan fingerprint density at radius 3 is 2.41 bits per heavy atom. The van der Waals surface area contributed by atoms with Gasteiger partial charge in [0.25, 0.3) is 0 Å². The van der Waals surface area contributed by atoms with Crippen LogP contribution < -0.4 is 9.60 Å². The average Bonchev–Trinajstić information content (AvgIpc) is 2.87. The van der Waals surface area contributed by atoms with Crippen LogP contribution in [0.2, 0.25) is 0 Å². The Morgan fingerprint density at radius 2 is 1.78 bits per heavy atom. The van der Waals surface area contributed by atoms with E-state index < -0.39 is 10.0 Å². The van der Waals surface area contributed by atoms with Crippen LogP contribution in [0.1, 0.15) is 44.9 Å². The maximum absolute atomic E-state index is 12.8. The van der Waals surface area contributed by atoms with E-state index in [-0.39, 0.29) is 9.77 Å². The lowest BCUT2D eigenvalue weighted by Crippen LogP contribution is -2.47. The average molecular weight is 407 g/mol. The van der Waals surface area contributed by atoms with Gasteiger partial charge in [0.05, 0.1) is 15.1 Å². The monoisotopic (exact) mass is 406 g/mol. The third kappa shape index (κ3) is 3.08. The van der Waals surface area contributed by atoms with Gasteiger partial charge in [-0.3, -0.25) is 4.79 Å². The Labute approximate surface area is 163 Å². The van der Waals surface area contributed by atoms with Gasteiger partial charge in [-0.2, -0.15) is 0 Å². The number of hydrogen-bond donors (Lipinski definition) is 1. The number of hydrogen-bond acceptors (Lipinski definition) is 4. The van der Waals surface area contributed by atoms with E-state index >= 15 is 0 Å². The minimum absolute atomic E-state index is 0.0747. The van der Waals surface area contributed by atoms with Crippen LogP contribution in [0.3, 0.4) is 0 Å². The van der Waals surface area contributed by atoms with Gasteiger partial charge in [0.1, 0.15) is 0 Å². The molecule has 27 heavy (non-hydrogen) atoms. The third-order valence-electron chi connectivity index (χ3n) is 7.19. The first-order valence-electron chi connectivity index (χ1n) is 9.93. The molecule has 2 aromatic rings. The van der Waals surface area contributed by atoms with Crippen LogP contribution in [-0.2, 0) is 17.1 Å². The molecule has 4 aliphatic rings. The third-order valence-corrected chi connectivity index (χ3v) is 9.64. The van der Waals surface area contributed by atoms with Crippen molar-refractivity contribution in [2.75, 3.05) is 6.54 Å². The van der Waals surface area contributed by atoms with Gasteiger partial charge in [-0.15, -0.1) is 0 Å². The lowest BCUT2D eigenvalue weighted by Gasteiger charge is -2.57. The normalized spacial score (nSPS) is 32.4. The molecule has 7 heteroatoms. The molecule has 1 aromatic carbocycles. The fourth-order valence-corrected chi connectivity index (χ4v) is 8.46. The van der Waals surface area contributed by atoms with Crippen LogP contribution in [0, 0.1) is 23.2 Å². The maximum atomic E-state index is 12.8. The zero-order valence-corrected chi connectivity index (χ0v) is 17.2. The lowest BCUT2D eigenvalue weighted by atomic mass is 9.49. The van der Waals surface area contributed by atoms with Crippen molar-refractivity contribution in [3.8, 4) is 0 Å². The maximum Gasteiger partial charge on any atom is 0.307 e. The van der Waals surface area contributed by atoms with Crippen molar-refractivity contribution >= 4 is 31.6 Å². The van der Waals surface area contributed by atoms with Crippen LogP contribution in [0.4, 0.5) is 0 Å². The highest BCUT2D eigenvalue weighted by molar-refractivity contribution is 7.89. The van der Waals surface area contributed by atoms with Crippen LogP contribution in [0.15, 0.2) is 27.9 Å². The summed E-state index contributed by atoms with van der Waals surface area (Å²) in [5.74, 6) is 2.66. The lowest BCUT2D eigenvalue weighted by molar-refractivity contribution is -0.0561. The summed E-state index contributed by atoms with van der Waals surface area (Å²) in [6.07, 6.45) is 9.07. The fourth-order valence-electron chi connectivity index (χ4n) is 6.41. The molecule has 5 nitrogen and oxygen atoms in total. The van der Waals surface area contributed by atoms with E-state index in [0.29, 0.717) is 16.7 Å². The number of benzene rings is 1. The molecule has 0 amide bonds. The minimum Gasteiger partial charge on any atom is -0.302 e. The molecule has 4 bridgehead atoms. The zero-order valence-electron chi connectivity index (χ0n) is 15.6. The molecule has 0 spiro atoms. The van der Waals surface area contributed by atoms with Crippen molar-refractivity contribution in [2.45, 2.75) is 49.8 Å². The van der Waals surface area contributed by atoms with E-state index in [4.69, 9.17) is 0 Å². The summed E-state index contributed by atoms with van der Waals surface area (Å²) in [5, 5.41) is 0. The first kappa shape index (κ1) is 17.9. The van der Waals surface area contributed by atoms with Crippen LogP contribution in [-0.4, -0.2) is 19.5 Å². The first-order valence-corrected chi connectivity index (χ1v) is 12.2. The van der Waals surface area contributed by atoms with Crippen molar-refractivity contribution in [3.05, 3.63) is 27.9 Å². The summed E-state index contributed by atoms with van der Waals surface area (Å²) < 4.78 is 30.6. The number of nitrogens with zero attached hydrogens (tertiary/aromatic N) is 1. The number of fused-ring (bicyclic) bond motifs is 1. The molecule has 6 rings (SSSR count). The topological polar surface area (TPSA) is 68.2 Å². The largest absolute Gasteiger partial charge is 0.307 e. The summed E-state index contributed by atoms with van der Waals surface area (Å²) in [7, 11) is -1.84. The smallest absolute Gasteiger partial charge is 0.302 e. The molecule has 4 saturated carbocycles. The SMILES string of the molecule is Cn1c(=O)sc2cc(S(=O)(=O)NCCC34CC5CC(CC(C5)C3)C4)ccc21. The summed E-state index contributed by atoms with van der Waals surface area (Å²) in [4.78, 5) is 12.0. The number of sulfonamides is 1. The minimum atomic E-state index is -3.54.